The van der Waals surface area contributed by atoms with Crippen molar-refractivity contribution in [3.05, 3.63) is 59.9 Å². The zero-order chi connectivity index (χ0) is 22.6. The molecule has 0 unspecified atom stereocenters. The van der Waals surface area contributed by atoms with Crippen LogP contribution in [0.3, 0.4) is 0 Å². The molecule has 0 radical (unpaired) electrons. The Morgan fingerprint density at radius 2 is 1.88 bits per heavy atom. The van der Waals surface area contributed by atoms with E-state index in [9.17, 15) is 0 Å². The van der Waals surface area contributed by atoms with Crippen molar-refractivity contribution in [2.75, 3.05) is 36.9 Å². The largest absolute Gasteiger partial charge is 0.350 e. The number of hydrogen-bond acceptors (Lipinski definition) is 9. The number of hydrazine groups is 1. The van der Waals surface area contributed by atoms with Gasteiger partial charge in [0.15, 0.2) is 5.65 Å². The Balaban J connectivity index is 1.38. The van der Waals surface area contributed by atoms with Crippen molar-refractivity contribution in [1.82, 2.24) is 40.1 Å². The second-order valence-corrected chi connectivity index (χ2v) is 8.37. The van der Waals surface area contributed by atoms with Crippen molar-refractivity contribution in [2.24, 2.45) is 0 Å². The minimum Gasteiger partial charge on any atom is -0.350 e. The molecule has 3 N–H and O–H groups in total. The summed E-state index contributed by atoms with van der Waals surface area (Å²) in [5, 5.41) is 21.6. The highest BCUT2D eigenvalue weighted by atomic mass is 15.6. The summed E-state index contributed by atoms with van der Waals surface area (Å²) in [5.74, 6) is 1.54. The van der Waals surface area contributed by atoms with Crippen molar-refractivity contribution >= 4 is 17.5 Å². The molecule has 4 aromatic rings. The summed E-state index contributed by atoms with van der Waals surface area (Å²) in [6.07, 6.45) is 3.56. The number of nitrogens with zero attached hydrogens (tertiary/aromatic N) is 7. The molecule has 0 bridgehead atoms. The molecule has 1 fully saturated rings. The van der Waals surface area contributed by atoms with E-state index in [1.54, 1.807) is 10.7 Å². The third-order valence-corrected chi connectivity index (χ3v) is 5.67. The van der Waals surface area contributed by atoms with E-state index >= 15 is 0 Å². The summed E-state index contributed by atoms with van der Waals surface area (Å²) >= 11 is 0. The molecule has 5 rings (SSSR count). The van der Waals surface area contributed by atoms with Crippen molar-refractivity contribution in [3.8, 4) is 11.3 Å². The van der Waals surface area contributed by atoms with Gasteiger partial charge in [-0.1, -0.05) is 38.1 Å². The summed E-state index contributed by atoms with van der Waals surface area (Å²) in [6, 6.07) is 12.1. The van der Waals surface area contributed by atoms with E-state index in [1.165, 1.54) is 0 Å². The molecule has 4 heterocycles. The molecule has 0 atom stereocenters. The second kappa shape index (κ2) is 9.47. The Hall–Kier alpha value is -3.63. The van der Waals surface area contributed by atoms with Crippen molar-refractivity contribution in [3.63, 3.8) is 0 Å². The topological polar surface area (TPSA) is 108 Å². The van der Waals surface area contributed by atoms with Gasteiger partial charge in [0.2, 0.25) is 11.9 Å². The molecule has 1 saturated heterocycles. The first-order chi connectivity index (χ1) is 16.2. The minimum absolute atomic E-state index is 0.311. The van der Waals surface area contributed by atoms with E-state index in [-0.39, 0.29) is 0 Å². The van der Waals surface area contributed by atoms with E-state index in [0.29, 0.717) is 24.4 Å². The Kier molecular flexibility index (Phi) is 6.09. The normalized spacial score (nSPS) is 14.6. The Morgan fingerprint density at radius 1 is 1.06 bits per heavy atom. The number of fused-ring (bicyclic) bond motifs is 1. The summed E-state index contributed by atoms with van der Waals surface area (Å²) in [7, 11) is 0. The van der Waals surface area contributed by atoms with Gasteiger partial charge in [-0.25, -0.2) is 5.01 Å². The van der Waals surface area contributed by atoms with E-state index in [1.807, 2.05) is 18.3 Å². The monoisotopic (exact) mass is 444 g/mol. The van der Waals surface area contributed by atoms with E-state index in [0.717, 1.165) is 54.2 Å². The molecule has 33 heavy (non-hydrogen) atoms. The van der Waals surface area contributed by atoms with Crippen LogP contribution in [0.2, 0.25) is 0 Å². The average molecular weight is 445 g/mol. The predicted octanol–water partition coefficient (Wildman–Crippen LogP) is 2.55. The molecular formula is C23H28N10. The third kappa shape index (κ3) is 4.76. The second-order valence-electron chi connectivity index (χ2n) is 8.37. The quantitative estimate of drug-likeness (QED) is 0.396. The zero-order valence-corrected chi connectivity index (χ0v) is 18.9. The first-order valence-corrected chi connectivity index (χ1v) is 11.3. The van der Waals surface area contributed by atoms with Crippen LogP contribution < -0.4 is 16.1 Å². The van der Waals surface area contributed by atoms with Crippen molar-refractivity contribution in [2.45, 2.75) is 26.3 Å². The van der Waals surface area contributed by atoms with Gasteiger partial charge in [-0.3, -0.25) is 5.43 Å². The van der Waals surface area contributed by atoms with Gasteiger partial charge in [-0.15, -0.1) is 0 Å². The van der Waals surface area contributed by atoms with Gasteiger partial charge in [-0.05, 0) is 23.6 Å². The van der Waals surface area contributed by atoms with Crippen LogP contribution in [0.4, 0.5) is 11.9 Å². The van der Waals surface area contributed by atoms with Crippen LogP contribution in [0, 0.1) is 0 Å². The third-order valence-electron chi connectivity index (χ3n) is 5.67. The smallest absolute Gasteiger partial charge is 0.242 e. The highest BCUT2D eigenvalue weighted by Gasteiger charge is 2.17. The molecule has 0 saturated carbocycles. The summed E-state index contributed by atoms with van der Waals surface area (Å²) in [6.45, 7) is 8.57. The lowest BCUT2D eigenvalue weighted by Crippen LogP contribution is -2.46. The lowest BCUT2D eigenvalue weighted by atomic mass is 10.1. The maximum absolute atomic E-state index is 4.77. The van der Waals surface area contributed by atoms with Crippen LogP contribution in [0.1, 0.15) is 30.9 Å². The Bertz CT molecular complexity index is 1200. The highest BCUT2D eigenvalue weighted by Crippen LogP contribution is 2.23. The summed E-state index contributed by atoms with van der Waals surface area (Å²) in [4.78, 5) is 9.51. The van der Waals surface area contributed by atoms with Gasteiger partial charge in [0.25, 0.3) is 0 Å². The van der Waals surface area contributed by atoms with Gasteiger partial charge in [0.1, 0.15) is 0 Å². The van der Waals surface area contributed by atoms with Crippen molar-refractivity contribution < 1.29 is 0 Å². The molecule has 0 amide bonds. The van der Waals surface area contributed by atoms with Crippen LogP contribution in [0.25, 0.3) is 16.9 Å². The van der Waals surface area contributed by atoms with Crippen molar-refractivity contribution in [1.29, 1.82) is 0 Å². The number of aromatic nitrogens is 6. The van der Waals surface area contributed by atoms with E-state index in [2.05, 4.69) is 74.5 Å². The van der Waals surface area contributed by atoms with Crippen LogP contribution in [-0.4, -0.2) is 61.0 Å². The van der Waals surface area contributed by atoms with Gasteiger partial charge in [0, 0.05) is 50.0 Å². The average Bonchev–Trinajstić information content (AvgIpc) is 3.29. The first kappa shape index (κ1) is 21.2. The molecule has 1 aliphatic heterocycles. The molecule has 10 nitrogen and oxygen atoms in total. The zero-order valence-electron chi connectivity index (χ0n) is 18.9. The molecule has 3 aromatic heterocycles. The lowest BCUT2D eigenvalue weighted by molar-refractivity contribution is 0.284. The van der Waals surface area contributed by atoms with Gasteiger partial charge >= 0.3 is 0 Å². The Morgan fingerprint density at radius 3 is 2.61 bits per heavy atom. The van der Waals surface area contributed by atoms with Gasteiger partial charge < -0.3 is 10.6 Å². The molecule has 1 aromatic carbocycles. The van der Waals surface area contributed by atoms with E-state index in [4.69, 9.17) is 9.97 Å². The summed E-state index contributed by atoms with van der Waals surface area (Å²) in [5.41, 5.74) is 8.30. The van der Waals surface area contributed by atoms with Crippen LogP contribution in [0.15, 0.2) is 48.8 Å². The number of hydrogen-bond donors (Lipinski definition) is 3. The fourth-order valence-corrected chi connectivity index (χ4v) is 3.81. The molecule has 1 aliphatic rings. The minimum atomic E-state index is 0.311. The first-order valence-electron chi connectivity index (χ1n) is 11.3. The number of piperazine rings is 1. The molecule has 0 spiro atoms. The molecule has 170 valence electrons. The fourth-order valence-electron chi connectivity index (χ4n) is 3.81. The Labute approximate surface area is 192 Å². The number of anilines is 2. The van der Waals surface area contributed by atoms with Gasteiger partial charge in [0.05, 0.1) is 11.9 Å². The molecule has 0 aliphatic carbocycles. The SMILES string of the molecule is CC(C)c1cnn2c(NCc3ccc(-c4cccnn4)cc3)nc(NN3CCNCC3)nc12. The molecule has 10 heteroatoms. The number of rotatable bonds is 7. The standard InChI is InChI=1S/C23H28N10/c1-16(2)19-15-27-33-21(19)28-22(31-32-12-10-24-11-13-32)29-23(33)25-14-17-5-7-18(8-6-17)20-4-3-9-26-30-20/h3-9,15-16,24H,10-14H2,1-2H3,(H2,25,28,29,31). The van der Waals surface area contributed by atoms with Crippen LogP contribution in [0.5, 0.6) is 0 Å². The van der Waals surface area contributed by atoms with E-state index < -0.39 is 0 Å². The number of benzene rings is 1. The predicted molar refractivity (Wildman–Crippen MR) is 128 cm³/mol. The van der Waals surface area contributed by atoms with Gasteiger partial charge in [-0.2, -0.15) is 29.8 Å². The number of nitrogens with one attached hydrogen (secondary N) is 3. The highest BCUT2D eigenvalue weighted by molar-refractivity contribution is 5.59. The fraction of sp³-hybridized carbons (Fsp3) is 0.348. The maximum Gasteiger partial charge on any atom is 0.242 e. The molecular weight excluding hydrogens is 416 g/mol. The van der Waals surface area contributed by atoms with Crippen LogP contribution in [-0.2, 0) is 6.54 Å². The lowest BCUT2D eigenvalue weighted by Gasteiger charge is -2.27. The van der Waals surface area contributed by atoms with Crippen LogP contribution >= 0.6 is 0 Å². The maximum atomic E-state index is 4.77. The summed E-state index contributed by atoms with van der Waals surface area (Å²) < 4.78 is 1.78.